The first-order chi connectivity index (χ1) is 13.8. The van der Waals surface area contributed by atoms with Gasteiger partial charge < -0.3 is 19.7 Å². The molecule has 2 amide bonds. The number of ether oxygens (including phenoxy) is 2. The van der Waals surface area contributed by atoms with E-state index >= 15 is 0 Å². The molecule has 0 bridgehead atoms. The Morgan fingerprint density at radius 2 is 1.93 bits per heavy atom. The Kier molecular flexibility index (Phi) is 6.00. The molecule has 0 radical (unpaired) electrons. The van der Waals surface area contributed by atoms with Crippen LogP contribution in [-0.2, 0) is 9.59 Å². The number of hydrogen-bond donors (Lipinski definition) is 1. The Hall–Kier alpha value is -3.16. The third-order valence-electron chi connectivity index (χ3n) is 4.96. The molecule has 2 aromatic rings. The number of carbonyl (C=O) groups excluding carboxylic acids is 2. The van der Waals surface area contributed by atoms with E-state index in [4.69, 9.17) is 9.47 Å². The molecule has 29 heavy (non-hydrogen) atoms. The molecule has 1 N–H and O–H groups in total. The van der Waals surface area contributed by atoms with Crippen molar-refractivity contribution in [3.05, 3.63) is 53.6 Å². The van der Waals surface area contributed by atoms with Crippen LogP contribution in [0.2, 0.25) is 0 Å². The molecule has 0 aliphatic carbocycles. The van der Waals surface area contributed by atoms with Crippen LogP contribution in [0.4, 0.5) is 14.5 Å². The smallest absolute Gasteiger partial charge is 0.227 e. The van der Waals surface area contributed by atoms with E-state index in [0.29, 0.717) is 17.2 Å². The lowest BCUT2D eigenvalue weighted by Crippen LogP contribution is -2.35. The molecule has 3 rings (SSSR count). The third kappa shape index (κ3) is 4.31. The molecule has 8 heteroatoms. The summed E-state index contributed by atoms with van der Waals surface area (Å²) in [4.78, 5) is 26.7. The number of nitrogens with zero attached hydrogens (tertiary/aromatic N) is 1. The van der Waals surface area contributed by atoms with Gasteiger partial charge in [0.25, 0.3) is 0 Å². The number of amides is 2. The number of benzene rings is 2. The van der Waals surface area contributed by atoms with Crippen LogP contribution < -0.4 is 19.7 Å². The highest BCUT2D eigenvalue weighted by molar-refractivity contribution is 6.01. The van der Waals surface area contributed by atoms with Crippen LogP contribution >= 0.6 is 0 Å². The van der Waals surface area contributed by atoms with Gasteiger partial charge in [0.2, 0.25) is 11.8 Å². The predicted molar refractivity (Wildman–Crippen MR) is 103 cm³/mol. The van der Waals surface area contributed by atoms with E-state index in [9.17, 15) is 18.4 Å². The second-order valence-corrected chi connectivity index (χ2v) is 6.84. The van der Waals surface area contributed by atoms with Gasteiger partial charge in [-0.3, -0.25) is 9.59 Å². The summed E-state index contributed by atoms with van der Waals surface area (Å²) in [5.74, 6) is -1.55. The average molecular weight is 404 g/mol. The molecule has 2 unspecified atom stereocenters. The lowest BCUT2D eigenvalue weighted by molar-refractivity contribution is -0.126. The van der Waals surface area contributed by atoms with E-state index in [1.165, 1.54) is 25.2 Å². The lowest BCUT2D eigenvalue weighted by Gasteiger charge is -2.21. The first-order valence-electron chi connectivity index (χ1n) is 9.11. The number of carbonyl (C=O) groups is 2. The molecule has 1 saturated heterocycles. The Morgan fingerprint density at radius 3 is 2.59 bits per heavy atom. The van der Waals surface area contributed by atoms with Crippen molar-refractivity contribution in [2.75, 3.05) is 25.7 Å². The van der Waals surface area contributed by atoms with E-state index in [0.717, 1.165) is 12.1 Å². The average Bonchev–Trinajstić information content (AvgIpc) is 3.08. The SMILES string of the molecule is COc1ccc(N2CC(C(=O)NC(C)c3ccc(F)cc3F)CC2=O)c(OC)c1. The first-order valence-corrected chi connectivity index (χ1v) is 9.11. The zero-order chi connectivity index (χ0) is 21.1. The maximum Gasteiger partial charge on any atom is 0.227 e. The minimum atomic E-state index is -0.732. The van der Waals surface area contributed by atoms with Crippen molar-refractivity contribution in [2.24, 2.45) is 5.92 Å². The van der Waals surface area contributed by atoms with Gasteiger partial charge in [0.05, 0.1) is 31.9 Å². The number of methoxy groups -OCH3 is 2. The van der Waals surface area contributed by atoms with Crippen LogP contribution in [0.5, 0.6) is 11.5 Å². The van der Waals surface area contributed by atoms with Gasteiger partial charge in [-0.15, -0.1) is 0 Å². The standard InChI is InChI=1S/C21H22F2N2O4/c1-12(16-6-4-14(22)9-17(16)23)24-21(27)13-8-20(26)25(11-13)18-7-5-15(28-2)10-19(18)29-3/h4-7,9-10,12-13H,8,11H2,1-3H3,(H,24,27). The van der Waals surface area contributed by atoms with Crippen molar-refractivity contribution < 1.29 is 27.8 Å². The molecule has 2 aromatic carbocycles. The molecule has 2 atom stereocenters. The molecule has 0 spiro atoms. The van der Waals surface area contributed by atoms with Crippen molar-refractivity contribution in [1.82, 2.24) is 5.32 Å². The minimum absolute atomic E-state index is 0.0274. The van der Waals surface area contributed by atoms with E-state index in [1.54, 1.807) is 25.1 Å². The summed E-state index contributed by atoms with van der Waals surface area (Å²) in [6.07, 6.45) is 0.0274. The Bertz CT molecular complexity index is 935. The van der Waals surface area contributed by atoms with E-state index in [1.807, 2.05) is 0 Å². The van der Waals surface area contributed by atoms with Crippen LogP contribution in [0.25, 0.3) is 0 Å². The Balaban J connectivity index is 1.72. The fourth-order valence-corrected chi connectivity index (χ4v) is 3.39. The number of nitrogens with one attached hydrogen (secondary N) is 1. The van der Waals surface area contributed by atoms with Gasteiger partial charge in [0.15, 0.2) is 0 Å². The number of halogens is 2. The van der Waals surface area contributed by atoms with Gasteiger partial charge in [-0.25, -0.2) is 8.78 Å². The number of hydrogen-bond acceptors (Lipinski definition) is 4. The largest absolute Gasteiger partial charge is 0.497 e. The maximum absolute atomic E-state index is 13.9. The quantitative estimate of drug-likeness (QED) is 0.803. The monoisotopic (exact) mass is 404 g/mol. The molecule has 1 aliphatic rings. The first kappa shape index (κ1) is 20.6. The van der Waals surface area contributed by atoms with Crippen LogP contribution in [0.1, 0.15) is 24.9 Å². The molecule has 154 valence electrons. The fourth-order valence-electron chi connectivity index (χ4n) is 3.39. The summed E-state index contributed by atoms with van der Waals surface area (Å²) in [5.41, 5.74) is 0.726. The minimum Gasteiger partial charge on any atom is -0.497 e. The zero-order valence-electron chi connectivity index (χ0n) is 16.4. The molecular weight excluding hydrogens is 382 g/mol. The van der Waals surface area contributed by atoms with Gasteiger partial charge >= 0.3 is 0 Å². The topological polar surface area (TPSA) is 67.9 Å². The van der Waals surface area contributed by atoms with Gasteiger partial charge in [-0.2, -0.15) is 0 Å². The summed E-state index contributed by atoms with van der Waals surface area (Å²) >= 11 is 0. The summed E-state index contributed by atoms with van der Waals surface area (Å²) in [6.45, 7) is 1.78. The summed E-state index contributed by atoms with van der Waals surface area (Å²) in [7, 11) is 3.02. The number of rotatable bonds is 6. The second kappa shape index (κ2) is 8.46. The third-order valence-corrected chi connectivity index (χ3v) is 4.96. The van der Waals surface area contributed by atoms with E-state index in [2.05, 4.69) is 5.32 Å². The molecule has 6 nitrogen and oxygen atoms in total. The van der Waals surface area contributed by atoms with E-state index < -0.39 is 23.6 Å². The molecule has 0 saturated carbocycles. The fraction of sp³-hybridized carbons (Fsp3) is 0.333. The molecule has 1 heterocycles. The van der Waals surface area contributed by atoms with Crippen molar-refractivity contribution in [2.45, 2.75) is 19.4 Å². The molecule has 1 fully saturated rings. The van der Waals surface area contributed by atoms with Crippen molar-refractivity contribution in [3.8, 4) is 11.5 Å². The lowest BCUT2D eigenvalue weighted by atomic mass is 10.0. The Labute approximate surface area is 167 Å². The van der Waals surface area contributed by atoms with Crippen LogP contribution in [-0.4, -0.2) is 32.6 Å². The van der Waals surface area contributed by atoms with Gasteiger partial charge in [0.1, 0.15) is 23.1 Å². The number of anilines is 1. The van der Waals surface area contributed by atoms with Crippen LogP contribution in [0.15, 0.2) is 36.4 Å². The second-order valence-electron chi connectivity index (χ2n) is 6.84. The predicted octanol–water partition coefficient (Wildman–Crippen LogP) is 3.21. The van der Waals surface area contributed by atoms with Gasteiger partial charge in [-0.1, -0.05) is 6.07 Å². The molecule has 1 aliphatic heterocycles. The van der Waals surface area contributed by atoms with Gasteiger partial charge in [0, 0.05) is 30.7 Å². The highest BCUT2D eigenvalue weighted by atomic mass is 19.1. The van der Waals surface area contributed by atoms with Gasteiger partial charge in [-0.05, 0) is 25.1 Å². The van der Waals surface area contributed by atoms with Crippen molar-refractivity contribution in [3.63, 3.8) is 0 Å². The summed E-state index contributed by atoms with van der Waals surface area (Å²) in [5, 5.41) is 2.71. The normalized spacial score (nSPS) is 17.2. The zero-order valence-corrected chi connectivity index (χ0v) is 16.4. The highest BCUT2D eigenvalue weighted by Gasteiger charge is 2.37. The summed E-state index contributed by atoms with van der Waals surface area (Å²) < 4.78 is 37.5. The van der Waals surface area contributed by atoms with Crippen LogP contribution in [0, 0.1) is 17.6 Å². The van der Waals surface area contributed by atoms with E-state index in [-0.39, 0.29) is 30.3 Å². The molecule has 0 aromatic heterocycles. The van der Waals surface area contributed by atoms with Crippen LogP contribution in [0.3, 0.4) is 0 Å². The highest BCUT2D eigenvalue weighted by Crippen LogP contribution is 2.36. The van der Waals surface area contributed by atoms with Crippen molar-refractivity contribution in [1.29, 1.82) is 0 Å². The Morgan fingerprint density at radius 1 is 1.17 bits per heavy atom. The van der Waals surface area contributed by atoms with Crippen molar-refractivity contribution >= 4 is 17.5 Å². The summed E-state index contributed by atoms with van der Waals surface area (Å²) in [6, 6.07) is 7.61. The maximum atomic E-state index is 13.9. The molecular formula is C21H22F2N2O4.